The van der Waals surface area contributed by atoms with Gasteiger partial charge >= 0.3 is 29.6 Å². The molecule has 39 heavy (non-hydrogen) atoms. The van der Waals surface area contributed by atoms with Gasteiger partial charge in [0.1, 0.15) is 11.5 Å². The summed E-state index contributed by atoms with van der Waals surface area (Å²) in [5, 5.41) is 29.2. The van der Waals surface area contributed by atoms with Crippen molar-refractivity contribution < 1.29 is 64.3 Å². The number of fused-ring (bicyclic) bond motifs is 10. The van der Waals surface area contributed by atoms with Crippen LogP contribution in [0.4, 0.5) is 0 Å². The van der Waals surface area contributed by atoms with Crippen LogP contribution in [0.3, 0.4) is 0 Å². The van der Waals surface area contributed by atoms with E-state index in [1.807, 2.05) is 25.0 Å². The number of hydrogen-bond acceptors (Lipinski definition) is 11. The van der Waals surface area contributed by atoms with Crippen molar-refractivity contribution >= 4 is 65.1 Å². The van der Waals surface area contributed by atoms with Gasteiger partial charge in [-0.2, -0.15) is 0 Å². The molecule has 6 unspecified atom stereocenters. The molecule has 0 amide bonds. The molecule has 0 heterocycles. The summed E-state index contributed by atoms with van der Waals surface area (Å²) in [6, 6.07) is 0. The van der Waals surface area contributed by atoms with E-state index in [0.717, 1.165) is 33.8 Å². The van der Waals surface area contributed by atoms with Crippen LogP contribution in [0.25, 0.3) is 0 Å². The Balaban J connectivity index is 0.000000186. The first-order valence-corrected chi connectivity index (χ1v) is 16.9. The molecule has 4 bridgehead atoms. The zero-order valence-corrected chi connectivity index (χ0v) is 27.6. The molecule has 6 rings (SSSR count). The van der Waals surface area contributed by atoms with Crippen molar-refractivity contribution in [2.45, 2.75) is 34.5 Å². The third-order valence-corrected chi connectivity index (χ3v) is 11.3. The SMILES string of the molecule is CSC1=C(SC)C(=O)C2C3C=CC(C3)C2C1=O.CSc1c(O)c2c(c(O)c1SC)C1C=CC2C1.O=CO[O-].[Na+]. The molecule has 5 aliphatic carbocycles. The average Bonchev–Trinajstić information content (AvgIpc) is 3.74. The molecule has 7 nitrogen and oxygen atoms in total. The summed E-state index contributed by atoms with van der Waals surface area (Å²) in [6.45, 7) is -0.181. The number of allylic oxidation sites excluding steroid dienone is 6. The van der Waals surface area contributed by atoms with Gasteiger partial charge in [-0.25, -0.2) is 0 Å². The smallest absolute Gasteiger partial charge is 0.662 e. The van der Waals surface area contributed by atoms with E-state index in [4.69, 9.17) is 10.1 Å². The molecular formula is C27H29NaO7S4. The summed E-state index contributed by atoms with van der Waals surface area (Å²) in [6.07, 6.45) is 18.2. The molecule has 1 saturated carbocycles. The van der Waals surface area contributed by atoms with Crippen LogP contribution in [-0.4, -0.2) is 53.3 Å². The predicted molar refractivity (Wildman–Crippen MR) is 152 cm³/mol. The maximum atomic E-state index is 12.5. The second kappa shape index (κ2) is 13.9. The summed E-state index contributed by atoms with van der Waals surface area (Å²) >= 11 is 5.86. The number of phenols is 2. The monoisotopic (exact) mass is 616 g/mol. The molecule has 0 radical (unpaired) electrons. The molecular weight excluding hydrogens is 588 g/mol. The van der Waals surface area contributed by atoms with E-state index in [1.54, 1.807) is 0 Å². The number of aromatic hydroxyl groups is 2. The summed E-state index contributed by atoms with van der Waals surface area (Å²) in [7, 11) is 0. The van der Waals surface area contributed by atoms with Crippen molar-refractivity contribution in [3.05, 3.63) is 45.2 Å². The van der Waals surface area contributed by atoms with Crippen molar-refractivity contribution in [3.8, 4) is 11.5 Å². The van der Waals surface area contributed by atoms with E-state index in [2.05, 4.69) is 29.2 Å². The Morgan fingerprint density at radius 3 is 1.46 bits per heavy atom. The van der Waals surface area contributed by atoms with E-state index >= 15 is 0 Å². The van der Waals surface area contributed by atoms with Crippen LogP contribution in [0.2, 0.25) is 0 Å². The second-order valence-electron chi connectivity index (χ2n) is 9.41. The number of benzene rings is 1. The fraction of sp³-hybridized carbons (Fsp3) is 0.444. The molecule has 0 saturated heterocycles. The molecule has 1 aromatic carbocycles. The largest absolute Gasteiger partial charge is 1.00 e. The maximum absolute atomic E-state index is 12.5. The summed E-state index contributed by atoms with van der Waals surface area (Å²) in [5.41, 5.74) is 1.91. The first-order chi connectivity index (χ1) is 18.3. The van der Waals surface area contributed by atoms with Gasteiger partial charge in [0.05, 0.1) is 19.6 Å². The number of thioether (sulfide) groups is 4. The predicted octanol–water partition coefficient (Wildman–Crippen LogP) is 1.64. The third kappa shape index (κ3) is 5.67. The number of Topliss-reactive ketones (excluding diaryl/α,β-unsaturated/α-hetero) is 2. The fourth-order valence-electron chi connectivity index (χ4n) is 6.42. The molecule has 6 atom stereocenters. The Kier molecular flexibility index (Phi) is 11.7. The molecule has 0 aliphatic heterocycles. The number of carbonyl (C=O) groups excluding carboxylic acids is 3. The Bertz CT molecular complexity index is 1160. The average molecular weight is 617 g/mol. The molecule has 2 N–H and O–H groups in total. The van der Waals surface area contributed by atoms with Crippen molar-refractivity contribution in [2.75, 3.05) is 25.0 Å². The Morgan fingerprint density at radius 1 is 0.769 bits per heavy atom. The molecule has 0 aromatic heterocycles. The topological polar surface area (TPSA) is 124 Å². The van der Waals surface area contributed by atoms with Crippen LogP contribution in [0, 0.1) is 23.7 Å². The van der Waals surface area contributed by atoms with Gasteiger partial charge in [0, 0.05) is 34.8 Å². The Labute approximate surface area is 267 Å². The van der Waals surface area contributed by atoms with Crippen LogP contribution in [0.1, 0.15) is 35.8 Å². The zero-order valence-electron chi connectivity index (χ0n) is 22.3. The van der Waals surface area contributed by atoms with Gasteiger partial charge < -0.3 is 20.4 Å². The van der Waals surface area contributed by atoms with Gasteiger partial charge in [0.25, 0.3) is 6.47 Å². The number of carbonyl (C=O) groups is 3. The number of hydrogen-bond donors (Lipinski definition) is 2. The van der Waals surface area contributed by atoms with Crippen molar-refractivity contribution in [3.63, 3.8) is 0 Å². The van der Waals surface area contributed by atoms with Gasteiger partial charge in [-0.05, 0) is 49.7 Å². The van der Waals surface area contributed by atoms with E-state index in [-0.39, 0.29) is 59.4 Å². The number of phenolic OH excluding ortho intramolecular Hbond substituents is 2. The fourth-order valence-corrected chi connectivity index (χ4v) is 9.84. The minimum Gasteiger partial charge on any atom is -0.662 e. The van der Waals surface area contributed by atoms with E-state index in [9.17, 15) is 19.8 Å². The van der Waals surface area contributed by atoms with Crippen molar-refractivity contribution in [1.82, 2.24) is 0 Å². The minimum atomic E-state index is -0.181. The number of rotatable bonds is 5. The van der Waals surface area contributed by atoms with Gasteiger partial charge in [-0.3, -0.25) is 14.4 Å². The third-order valence-electron chi connectivity index (χ3n) is 7.84. The van der Waals surface area contributed by atoms with Crippen LogP contribution < -0.4 is 34.8 Å². The van der Waals surface area contributed by atoms with Gasteiger partial charge in [0.15, 0.2) is 11.6 Å². The first kappa shape index (κ1) is 32.7. The normalized spacial score (nSPS) is 28.2. The molecule has 1 fully saturated rings. The second-order valence-corrected chi connectivity index (χ2v) is 12.7. The molecule has 5 aliphatic rings. The van der Waals surface area contributed by atoms with Crippen LogP contribution in [-0.2, 0) is 19.3 Å². The molecule has 12 heteroatoms. The van der Waals surface area contributed by atoms with Gasteiger partial charge in [-0.1, -0.05) is 24.3 Å². The standard InChI is InChI=1S/2C13H14O2S2.CH2O3.Na/c2*1-16-12-10(14)8-6-3-4-7(5-6)9(8)11(15)13(12)17-2;2-1-4-3;/h3-4,6-7,14-15H,5H2,1-2H3;3-4,6-9H,5H2,1-2H3;1,3H;/q;;;+1/p-1. The maximum Gasteiger partial charge on any atom is 1.00 e. The van der Waals surface area contributed by atoms with Crippen LogP contribution in [0.15, 0.2) is 43.9 Å². The molecule has 0 spiro atoms. The first-order valence-electron chi connectivity index (χ1n) is 12.0. The van der Waals surface area contributed by atoms with E-state index in [1.165, 1.54) is 47.0 Å². The quantitative estimate of drug-likeness (QED) is 0.0955. The van der Waals surface area contributed by atoms with E-state index in [0.29, 0.717) is 45.0 Å². The van der Waals surface area contributed by atoms with Gasteiger partial charge in [-0.15, -0.1) is 47.0 Å². The van der Waals surface area contributed by atoms with Crippen molar-refractivity contribution in [1.29, 1.82) is 0 Å². The molecule has 1 aromatic rings. The Hall–Kier alpha value is -0.790. The summed E-state index contributed by atoms with van der Waals surface area (Å²) in [5.74, 6) is 2.28. The summed E-state index contributed by atoms with van der Waals surface area (Å²) in [4.78, 5) is 39.2. The summed E-state index contributed by atoms with van der Waals surface area (Å²) < 4.78 is 0. The minimum absolute atomic E-state index is 0. The van der Waals surface area contributed by atoms with E-state index < -0.39 is 0 Å². The molecule has 204 valence electrons. The van der Waals surface area contributed by atoms with Crippen molar-refractivity contribution in [2.24, 2.45) is 23.7 Å². The number of ketones is 2. The zero-order chi connectivity index (χ0) is 27.7. The Morgan fingerprint density at radius 2 is 1.15 bits per heavy atom. The van der Waals surface area contributed by atoms with Crippen LogP contribution >= 0.6 is 47.0 Å². The van der Waals surface area contributed by atoms with Gasteiger partial charge in [0.2, 0.25) is 0 Å². The van der Waals surface area contributed by atoms with Crippen LogP contribution in [0.5, 0.6) is 11.5 Å².